The van der Waals surface area contributed by atoms with E-state index in [-0.39, 0.29) is 49.4 Å². The van der Waals surface area contributed by atoms with Crippen molar-refractivity contribution in [3.8, 4) is 11.5 Å². The molecule has 0 spiro atoms. The molecular formula is C41H56N4O11S2. The maximum Gasteiger partial charge on any atom is 0.415 e. The highest BCUT2D eigenvalue weighted by Crippen LogP contribution is 2.34. The summed E-state index contributed by atoms with van der Waals surface area (Å²) in [6.07, 6.45) is 2.51. The summed E-state index contributed by atoms with van der Waals surface area (Å²) >= 11 is 0. The largest absolute Gasteiger partial charge is 0.605 e. The lowest BCUT2D eigenvalue weighted by atomic mass is 9.97. The molecule has 2 heterocycles. The van der Waals surface area contributed by atoms with E-state index in [9.17, 15) is 33.3 Å². The summed E-state index contributed by atoms with van der Waals surface area (Å²) < 4.78 is 33.7. The maximum atomic E-state index is 13.8. The van der Waals surface area contributed by atoms with E-state index in [0.717, 1.165) is 24.8 Å². The molecule has 0 saturated carbocycles. The number of rotatable bonds is 20. The highest BCUT2D eigenvalue weighted by atomic mass is 33.1. The van der Waals surface area contributed by atoms with Gasteiger partial charge in [-0.25, -0.2) is 9.59 Å². The molecule has 0 aromatic heterocycles. The summed E-state index contributed by atoms with van der Waals surface area (Å²) in [6, 6.07) is 11.3. The number of hydrogen-bond donors (Lipinski definition) is 3. The van der Waals surface area contributed by atoms with Gasteiger partial charge in [-0.1, -0.05) is 50.6 Å². The van der Waals surface area contributed by atoms with Gasteiger partial charge in [0.05, 0.1) is 16.0 Å². The molecule has 2 aliphatic heterocycles. The number of esters is 2. The molecule has 4 unspecified atom stereocenters. The lowest BCUT2D eigenvalue weighted by molar-refractivity contribution is -0.186. The summed E-state index contributed by atoms with van der Waals surface area (Å²) in [5.74, 6) is -1.76. The van der Waals surface area contributed by atoms with Crippen LogP contribution in [-0.2, 0) is 50.1 Å². The molecule has 17 heteroatoms. The van der Waals surface area contributed by atoms with E-state index >= 15 is 0 Å². The second-order valence-corrected chi connectivity index (χ2v) is 18.6. The van der Waals surface area contributed by atoms with Crippen molar-refractivity contribution in [1.82, 2.24) is 15.5 Å². The van der Waals surface area contributed by atoms with Gasteiger partial charge in [-0.15, -0.1) is 0 Å². The topological polar surface area (TPSA) is 216 Å². The fourth-order valence-corrected chi connectivity index (χ4v) is 10.1. The first-order valence-electron chi connectivity index (χ1n) is 19.8. The Balaban J connectivity index is 1.38. The number of ether oxygens (including phenoxy) is 4. The van der Waals surface area contributed by atoms with Crippen molar-refractivity contribution in [1.29, 1.82) is 0 Å². The summed E-state index contributed by atoms with van der Waals surface area (Å²) in [5.41, 5.74) is 6.83. The van der Waals surface area contributed by atoms with Gasteiger partial charge in [-0.3, -0.25) is 19.2 Å². The van der Waals surface area contributed by atoms with Crippen molar-refractivity contribution in [3.05, 3.63) is 59.7 Å². The molecular weight excluding hydrogens is 789 g/mol. The molecule has 0 aliphatic carbocycles. The normalized spacial score (nSPS) is 18.4. The number of aryl methyl sites for hydroxylation is 1. The van der Waals surface area contributed by atoms with E-state index in [1.807, 2.05) is 32.9 Å². The molecule has 2 aromatic carbocycles. The van der Waals surface area contributed by atoms with Crippen molar-refractivity contribution in [2.45, 2.75) is 109 Å². The number of nitrogens with two attached hydrogens (primary N) is 1. The highest BCUT2D eigenvalue weighted by Gasteiger charge is 2.31. The number of carbonyl (C=O) groups is 6. The standard InChI is InChI=1S/C41H56N4O11S2/c1-26(2)23-33(43-36(46)25-53-35-11-7-5-9-27(35)3)39(49)44-34(40(50)55-28(4)54-37(47)12-8-6-10-32-19-22-58(52)57-32)24-29-13-15-31(16-14-29)56-41(51)45-20-17-30(18-21-45)38(42)48/h5,7,9,11,13-16,26,28,30,32-34H,6,8,10,12,17-25H2,1-4H3,(H2,42,48)(H,43,46)(H,44,49)/t28?,32-,33?,34?,58?/m1/s1. The Morgan fingerprint density at radius 1 is 0.931 bits per heavy atom. The minimum Gasteiger partial charge on any atom is -0.605 e. The Labute approximate surface area is 346 Å². The van der Waals surface area contributed by atoms with Gasteiger partial charge in [0.1, 0.15) is 29.3 Å². The number of primary amides is 1. The predicted molar refractivity (Wildman–Crippen MR) is 219 cm³/mol. The zero-order chi connectivity index (χ0) is 42.2. The van der Waals surface area contributed by atoms with E-state index in [2.05, 4.69) is 10.6 Å². The van der Waals surface area contributed by atoms with Gasteiger partial charge >= 0.3 is 18.0 Å². The molecule has 318 valence electrons. The third kappa shape index (κ3) is 15.7. The molecule has 5 atom stereocenters. The van der Waals surface area contributed by atoms with Crippen LogP contribution in [0.2, 0.25) is 0 Å². The van der Waals surface area contributed by atoms with Crippen LogP contribution in [0.5, 0.6) is 11.5 Å². The number of nitrogens with zero attached hydrogens (tertiary/aromatic N) is 1. The van der Waals surface area contributed by atoms with E-state index in [0.29, 0.717) is 54.7 Å². The zero-order valence-corrected chi connectivity index (χ0v) is 35.2. The van der Waals surface area contributed by atoms with Crippen molar-refractivity contribution in [2.24, 2.45) is 17.6 Å². The third-order valence-electron chi connectivity index (χ3n) is 9.72. The van der Waals surface area contributed by atoms with Crippen LogP contribution in [0.15, 0.2) is 48.5 Å². The first kappa shape index (κ1) is 46.2. The van der Waals surface area contributed by atoms with Crippen LogP contribution in [0.25, 0.3) is 0 Å². The minimum absolute atomic E-state index is 0.0103. The van der Waals surface area contributed by atoms with E-state index in [1.54, 1.807) is 36.4 Å². The van der Waals surface area contributed by atoms with Crippen molar-refractivity contribution in [2.75, 3.05) is 25.4 Å². The number of likely N-dealkylation sites (tertiary alicyclic amines) is 1. The van der Waals surface area contributed by atoms with Crippen molar-refractivity contribution < 1.29 is 52.3 Å². The average Bonchev–Trinajstić information content (AvgIpc) is 3.60. The molecule has 2 aromatic rings. The fourth-order valence-electron chi connectivity index (χ4n) is 6.53. The molecule has 2 saturated heterocycles. The number of nitrogens with one attached hydrogen (secondary N) is 2. The van der Waals surface area contributed by atoms with E-state index in [1.165, 1.54) is 22.6 Å². The van der Waals surface area contributed by atoms with E-state index in [4.69, 9.17) is 24.7 Å². The van der Waals surface area contributed by atoms with Crippen LogP contribution >= 0.6 is 10.8 Å². The molecule has 4 amide bonds. The summed E-state index contributed by atoms with van der Waals surface area (Å²) in [4.78, 5) is 78.8. The number of piperidine rings is 1. The Bertz CT molecular complexity index is 1700. The lowest BCUT2D eigenvalue weighted by Gasteiger charge is -2.29. The van der Waals surface area contributed by atoms with Crippen molar-refractivity contribution in [3.63, 3.8) is 0 Å². The molecule has 0 bridgehead atoms. The van der Waals surface area contributed by atoms with Crippen LogP contribution in [-0.4, -0.2) is 94.3 Å². The first-order valence-corrected chi connectivity index (χ1v) is 22.5. The van der Waals surface area contributed by atoms with Crippen LogP contribution < -0.4 is 25.8 Å². The quantitative estimate of drug-likeness (QED) is 0.0553. The first-order chi connectivity index (χ1) is 27.7. The Morgan fingerprint density at radius 2 is 1.64 bits per heavy atom. The van der Waals surface area contributed by atoms with Crippen LogP contribution in [0.3, 0.4) is 0 Å². The third-order valence-corrected chi connectivity index (χ3v) is 13.2. The minimum atomic E-state index is -1.27. The summed E-state index contributed by atoms with van der Waals surface area (Å²) in [6.45, 7) is 7.40. The summed E-state index contributed by atoms with van der Waals surface area (Å²) in [7, 11) is 0.647. The van der Waals surface area contributed by atoms with Gasteiger partial charge in [0, 0.05) is 55.4 Å². The number of carbonyl (C=O) groups excluding carboxylic acids is 6. The Hall–Kier alpha value is -4.48. The van der Waals surface area contributed by atoms with E-state index < -0.39 is 58.4 Å². The SMILES string of the molecule is Cc1ccccc1OCC(=O)NC(CC(C)C)C(=O)NC(Cc1ccc(OC(=O)N2CCC(C(N)=O)CC2)cc1)C(=O)OC(C)OC(=O)CCCC[C@@H]1CC[S+]([O-])S1. The summed E-state index contributed by atoms with van der Waals surface area (Å²) in [5, 5.41) is 5.79. The number of amides is 4. The second-order valence-electron chi connectivity index (χ2n) is 15.0. The van der Waals surface area contributed by atoms with Gasteiger partial charge in [-0.05, 0) is 74.3 Å². The molecule has 0 radical (unpaired) electrons. The second kappa shape index (κ2) is 23.2. The lowest BCUT2D eigenvalue weighted by Crippen LogP contribution is -2.54. The Kier molecular flexibility index (Phi) is 18.5. The van der Waals surface area contributed by atoms with Crippen molar-refractivity contribution >= 4 is 56.8 Å². The molecule has 4 N–H and O–H groups in total. The molecule has 15 nitrogen and oxygen atoms in total. The fraction of sp³-hybridized carbons (Fsp3) is 0.561. The zero-order valence-electron chi connectivity index (χ0n) is 33.6. The number of benzene rings is 2. The monoisotopic (exact) mass is 844 g/mol. The number of hydrogen-bond acceptors (Lipinski definition) is 12. The van der Waals surface area contributed by atoms with Crippen LogP contribution in [0.4, 0.5) is 4.79 Å². The van der Waals surface area contributed by atoms with Gasteiger partial charge in [0.15, 0.2) is 6.61 Å². The van der Waals surface area contributed by atoms with Crippen LogP contribution in [0, 0.1) is 18.8 Å². The molecule has 2 aliphatic rings. The van der Waals surface area contributed by atoms with Gasteiger partial charge in [-0.2, -0.15) is 0 Å². The molecule has 58 heavy (non-hydrogen) atoms. The van der Waals surface area contributed by atoms with Crippen LogP contribution in [0.1, 0.15) is 83.3 Å². The molecule has 4 rings (SSSR count). The smallest absolute Gasteiger partial charge is 0.415 e. The predicted octanol–water partition coefficient (Wildman–Crippen LogP) is 4.49. The average molecular weight is 845 g/mol. The Morgan fingerprint density at radius 3 is 2.28 bits per heavy atom. The number of unbranched alkanes of at least 4 members (excludes halogenated alkanes) is 1. The van der Waals surface area contributed by atoms with Gasteiger partial charge in [0.25, 0.3) is 5.91 Å². The molecule has 2 fully saturated rings. The van der Waals surface area contributed by atoms with Gasteiger partial charge < -0.3 is 44.8 Å². The number of para-hydroxylation sites is 1. The maximum absolute atomic E-state index is 13.8. The van der Waals surface area contributed by atoms with Gasteiger partial charge in [0.2, 0.25) is 18.1 Å². The highest BCUT2D eigenvalue weighted by molar-refractivity contribution is 8.72.